The highest BCUT2D eigenvalue weighted by Crippen LogP contribution is 2.23. The zero-order valence-corrected chi connectivity index (χ0v) is 22.5. The van der Waals surface area contributed by atoms with Gasteiger partial charge in [0.05, 0.1) is 6.10 Å². The first-order valence-electron chi connectivity index (χ1n) is 11.0. The Labute approximate surface area is 214 Å². The lowest BCUT2D eigenvalue weighted by atomic mass is 10.1. The number of primary amides is 1. The van der Waals surface area contributed by atoms with Crippen LogP contribution in [0, 0.1) is 12.8 Å². The number of nitrogens with zero attached hydrogens (tertiary/aromatic N) is 1. The summed E-state index contributed by atoms with van der Waals surface area (Å²) >= 11 is 0. The molecule has 8 heteroatoms. The van der Waals surface area contributed by atoms with Gasteiger partial charge in [0, 0.05) is 25.7 Å². The smallest absolute Gasteiger partial charge is 0.255 e. The topological polar surface area (TPSA) is 98.0 Å². The van der Waals surface area contributed by atoms with Crippen molar-refractivity contribution in [1.29, 1.82) is 0 Å². The Morgan fingerprint density at radius 1 is 1.09 bits per heavy atom. The van der Waals surface area contributed by atoms with Crippen LogP contribution in [0.4, 0.5) is 0 Å². The second-order valence-corrected chi connectivity index (χ2v) is 8.35. The van der Waals surface area contributed by atoms with Gasteiger partial charge in [-0.1, -0.05) is 38.1 Å². The Kier molecular flexibility index (Phi) is 12.6. The summed E-state index contributed by atoms with van der Waals surface area (Å²) in [6.45, 7) is 9.58. The average Bonchev–Trinajstić information content (AvgIpc) is 2.73. The largest absolute Gasteiger partial charge is 0.490 e. The van der Waals surface area contributed by atoms with Crippen molar-refractivity contribution >= 4 is 35.8 Å². The predicted octanol–water partition coefficient (Wildman–Crippen LogP) is 4.16. The van der Waals surface area contributed by atoms with E-state index in [4.69, 9.17) is 15.2 Å². The lowest BCUT2D eigenvalue weighted by Gasteiger charge is -2.20. The molecule has 33 heavy (non-hydrogen) atoms. The molecule has 0 aromatic heterocycles. The Bertz CT molecular complexity index is 918. The number of rotatable bonds is 11. The van der Waals surface area contributed by atoms with Crippen LogP contribution in [0.2, 0.25) is 0 Å². The van der Waals surface area contributed by atoms with Crippen molar-refractivity contribution in [3.05, 3.63) is 59.2 Å². The van der Waals surface area contributed by atoms with Crippen LogP contribution in [-0.2, 0) is 17.9 Å². The number of hydrogen-bond acceptors (Lipinski definition) is 4. The van der Waals surface area contributed by atoms with E-state index in [0.29, 0.717) is 30.7 Å². The molecule has 0 saturated heterocycles. The number of amides is 1. The molecule has 0 aliphatic heterocycles. The Balaban J connectivity index is 0.00000544. The highest BCUT2D eigenvalue weighted by Gasteiger charge is 2.11. The van der Waals surface area contributed by atoms with Crippen molar-refractivity contribution in [2.75, 3.05) is 13.7 Å². The van der Waals surface area contributed by atoms with Gasteiger partial charge in [-0.3, -0.25) is 9.79 Å². The van der Waals surface area contributed by atoms with Gasteiger partial charge in [0.15, 0.2) is 12.6 Å². The summed E-state index contributed by atoms with van der Waals surface area (Å²) < 4.78 is 11.6. The minimum Gasteiger partial charge on any atom is -0.490 e. The molecule has 4 N–H and O–H groups in total. The molecule has 0 heterocycles. The lowest BCUT2D eigenvalue weighted by molar-refractivity contribution is -0.119. The SMILES string of the molecule is CN=C(NCc1cccc(OCC(N)=O)c1)NCc1ccc(C)cc1OC(C)CC(C)C.I. The van der Waals surface area contributed by atoms with Gasteiger partial charge in [-0.25, -0.2) is 0 Å². The van der Waals surface area contributed by atoms with Crippen LogP contribution in [0.15, 0.2) is 47.5 Å². The van der Waals surface area contributed by atoms with Crippen LogP contribution < -0.4 is 25.8 Å². The Morgan fingerprint density at radius 3 is 2.48 bits per heavy atom. The summed E-state index contributed by atoms with van der Waals surface area (Å²) in [7, 11) is 1.74. The molecule has 0 saturated carbocycles. The molecule has 0 radical (unpaired) electrons. The minimum absolute atomic E-state index is 0. The first kappa shape index (κ1) is 28.5. The summed E-state index contributed by atoms with van der Waals surface area (Å²) in [4.78, 5) is 15.2. The van der Waals surface area contributed by atoms with Gasteiger partial charge >= 0.3 is 0 Å². The van der Waals surface area contributed by atoms with Gasteiger partial charge in [-0.15, -0.1) is 24.0 Å². The molecule has 7 nitrogen and oxygen atoms in total. The number of nitrogens with two attached hydrogens (primary N) is 1. The van der Waals surface area contributed by atoms with E-state index in [9.17, 15) is 4.79 Å². The molecular weight excluding hydrogens is 531 g/mol. The number of ether oxygens (including phenoxy) is 2. The number of guanidine groups is 1. The highest BCUT2D eigenvalue weighted by molar-refractivity contribution is 14.0. The van der Waals surface area contributed by atoms with Gasteiger partial charge in [-0.05, 0) is 55.5 Å². The maximum absolute atomic E-state index is 10.9. The van der Waals surface area contributed by atoms with Crippen LogP contribution >= 0.6 is 24.0 Å². The third-order valence-electron chi connectivity index (χ3n) is 4.76. The summed E-state index contributed by atoms with van der Waals surface area (Å²) in [6.07, 6.45) is 1.16. The molecular formula is C25H37IN4O3. The van der Waals surface area contributed by atoms with Crippen molar-refractivity contribution in [1.82, 2.24) is 10.6 Å². The normalized spacial score (nSPS) is 12.0. The molecule has 2 rings (SSSR count). The molecule has 2 aromatic rings. The summed E-state index contributed by atoms with van der Waals surface area (Å²) in [5, 5.41) is 6.65. The number of carbonyl (C=O) groups excluding carboxylic acids is 1. The monoisotopic (exact) mass is 568 g/mol. The third-order valence-corrected chi connectivity index (χ3v) is 4.76. The second-order valence-electron chi connectivity index (χ2n) is 8.35. The third kappa shape index (κ3) is 10.8. The highest BCUT2D eigenvalue weighted by atomic mass is 127. The number of hydrogen-bond donors (Lipinski definition) is 3. The minimum atomic E-state index is -0.504. The van der Waals surface area contributed by atoms with Gasteiger partial charge < -0.3 is 25.8 Å². The van der Waals surface area contributed by atoms with E-state index >= 15 is 0 Å². The van der Waals surface area contributed by atoms with E-state index in [0.717, 1.165) is 23.3 Å². The molecule has 0 spiro atoms. The first-order valence-corrected chi connectivity index (χ1v) is 11.0. The average molecular weight is 569 g/mol. The quantitative estimate of drug-likeness (QED) is 0.215. The Hall–Kier alpha value is -2.49. The fraction of sp³-hybridized carbons (Fsp3) is 0.440. The fourth-order valence-corrected chi connectivity index (χ4v) is 3.33. The van der Waals surface area contributed by atoms with Crippen LogP contribution in [0.5, 0.6) is 11.5 Å². The van der Waals surface area contributed by atoms with Crippen molar-refractivity contribution in [2.45, 2.75) is 53.3 Å². The number of carbonyl (C=O) groups is 1. The van der Waals surface area contributed by atoms with Crippen LogP contribution in [0.25, 0.3) is 0 Å². The van der Waals surface area contributed by atoms with Crippen LogP contribution in [-0.4, -0.2) is 31.6 Å². The zero-order chi connectivity index (χ0) is 23.5. The Morgan fingerprint density at radius 2 is 1.82 bits per heavy atom. The van der Waals surface area contributed by atoms with E-state index in [1.807, 2.05) is 18.2 Å². The molecule has 182 valence electrons. The number of aliphatic imine (C=N–C) groups is 1. The molecule has 0 aliphatic rings. The number of benzene rings is 2. The predicted molar refractivity (Wildman–Crippen MR) is 144 cm³/mol. The van der Waals surface area contributed by atoms with Gasteiger partial charge in [0.2, 0.25) is 0 Å². The molecule has 1 atom stereocenters. The summed E-state index contributed by atoms with van der Waals surface area (Å²) in [5.74, 6) is 2.26. The standard InChI is InChI=1S/C25H36N4O3.HI/c1-17(2)11-19(4)32-23-12-18(3)9-10-21(23)15-29-25(27-5)28-14-20-7-6-8-22(13-20)31-16-24(26)30;/h6-10,12-13,17,19H,11,14-16H2,1-5H3,(H2,26,30)(H2,27,28,29);1H. The van der Waals surface area contributed by atoms with Crippen molar-refractivity contribution in [2.24, 2.45) is 16.6 Å². The fourth-order valence-electron chi connectivity index (χ4n) is 3.33. The lowest BCUT2D eigenvalue weighted by Crippen LogP contribution is -2.36. The van der Waals surface area contributed by atoms with Crippen LogP contribution in [0.1, 0.15) is 43.9 Å². The van der Waals surface area contributed by atoms with Crippen molar-refractivity contribution < 1.29 is 14.3 Å². The summed E-state index contributed by atoms with van der Waals surface area (Å²) in [6, 6.07) is 13.8. The molecule has 0 bridgehead atoms. The van der Waals surface area contributed by atoms with Gasteiger partial charge in [0.25, 0.3) is 5.91 Å². The van der Waals surface area contributed by atoms with E-state index in [-0.39, 0.29) is 36.7 Å². The molecule has 1 unspecified atom stereocenters. The molecule has 0 aliphatic carbocycles. The van der Waals surface area contributed by atoms with E-state index < -0.39 is 5.91 Å². The van der Waals surface area contributed by atoms with E-state index in [2.05, 4.69) is 61.5 Å². The first-order chi connectivity index (χ1) is 15.3. The second kappa shape index (κ2) is 14.6. The summed E-state index contributed by atoms with van der Waals surface area (Å²) in [5.41, 5.74) is 8.38. The maximum atomic E-state index is 10.9. The van der Waals surface area contributed by atoms with Gasteiger partial charge in [0.1, 0.15) is 11.5 Å². The number of halogens is 1. The van der Waals surface area contributed by atoms with E-state index in [1.54, 1.807) is 13.1 Å². The maximum Gasteiger partial charge on any atom is 0.255 e. The van der Waals surface area contributed by atoms with Crippen LogP contribution in [0.3, 0.4) is 0 Å². The molecule has 2 aromatic carbocycles. The number of nitrogens with one attached hydrogen (secondary N) is 2. The van der Waals surface area contributed by atoms with Crippen molar-refractivity contribution in [3.8, 4) is 11.5 Å². The van der Waals surface area contributed by atoms with Crippen molar-refractivity contribution in [3.63, 3.8) is 0 Å². The number of aryl methyl sites for hydroxylation is 1. The molecule has 1 amide bonds. The molecule has 0 fully saturated rings. The van der Waals surface area contributed by atoms with E-state index in [1.165, 1.54) is 5.56 Å². The van der Waals surface area contributed by atoms with Gasteiger partial charge in [-0.2, -0.15) is 0 Å². The zero-order valence-electron chi connectivity index (χ0n) is 20.2.